The zero-order chi connectivity index (χ0) is 23.7. The van der Waals surface area contributed by atoms with Crippen molar-refractivity contribution in [3.63, 3.8) is 0 Å². The van der Waals surface area contributed by atoms with Gasteiger partial charge in [-0.3, -0.25) is 10.2 Å². The highest BCUT2D eigenvalue weighted by atomic mass is 16.5. The molecule has 10 nitrogen and oxygen atoms in total. The van der Waals surface area contributed by atoms with Crippen molar-refractivity contribution >= 4 is 34.5 Å². The maximum absolute atomic E-state index is 13.0. The molecule has 1 amide bonds. The fourth-order valence-electron chi connectivity index (χ4n) is 3.97. The van der Waals surface area contributed by atoms with Crippen LogP contribution >= 0.6 is 0 Å². The summed E-state index contributed by atoms with van der Waals surface area (Å²) >= 11 is 0. The van der Waals surface area contributed by atoms with Gasteiger partial charge in [0.1, 0.15) is 11.3 Å². The number of nitrogens with one attached hydrogen (secondary N) is 2. The number of ether oxygens (including phenoxy) is 1. The van der Waals surface area contributed by atoms with E-state index in [1.807, 2.05) is 17.9 Å². The molecule has 1 aliphatic rings. The molecule has 2 aromatic heterocycles. The van der Waals surface area contributed by atoms with E-state index in [2.05, 4.69) is 20.7 Å². The van der Waals surface area contributed by atoms with Gasteiger partial charge in [-0.15, -0.1) is 0 Å². The van der Waals surface area contributed by atoms with Crippen molar-refractivity contribution < 1.29 is 13.9 Å². The summed E-state index contributed by atoms with van der Waals surface area (Å²) in [6, 6.07) is 12.4. The van der Waals surface area contributed by atoms with Gasteiger partial charge >= 0.3 is 5.76 Å². The summed E-state index contributed by atoms with van der Waals surface area (Å²) in [5, 5.41) is 3.14. The number of amides is 1. The van der Waals surface area contributed by atoms with E-state index in [0.29, 0.717) is 39.9 Å². The van der Waals surface area contributed by atoms with E-state index < -0.39 is 5.76 Å². The van der Waals surface area contributed by atoms with Crippen LogP contribution < -0.4 is 21.2 Å². The Morgan fingerprint density at radius 3 is 2.74 bits per heavy atom. The van der Waals surface area contributed by atoms with Gasteiger partial charge in [0, 0.05) is 30.5 Å². The summed E-state index contributed by atoms with van der Waals surface area (Å²) in [5.41, 5.74) is 5.95. The summed E-state index contributed by atoms with van der Waals surface area (Å²) in [5.74, 6) is 0.651. The number of rotatable bonds is 6. The minimum absolute atomic E-state index is 0.0589. The number of methoxy groups -OCH3 is 1. The first kappa shape index (κ1) is 21.5. The molecule has 1 fully saturated rings. The maximum Gasteiger partial charge on any atom is 0.439 e. The van der Waals surface area contributed by atoms with Crippen LogP contribution in [0.15, 0.2) is 57.9 Å². The molecule has 0 spiro atoms. The molecular formula is C24H24N6O4. The number of nitrogens with zero attached hydrogens (tertiary/aromatic N) is 4. The first-order valence-corrected chi connectivity index (χ1v) is 11.0. The Balaban J connectivity index is 1.43. The van der Waals surface area contributed by atoms with Crippen LogP contribution in [0.3, 0.4) is 0 Å². The van der Waals surface area contributed by atoms with Crippen molar-refractivity contribution in [2.24, 2.45) is 0 Å². The number of likely N-dealkylation sites (tertiary alicyclic amines) is 1. The number of carbonyl (C=O) groups excluding carboxylic acids is 1. The molecule has 34 heavy (non-hydrogen) atoms. The highest BCUT2D eigenvalue weighted by Gasteiger charge is 2.23. The van der Waals surface area contributed by atoms with Crippen LogP contribution in [0.5, 0.6) is 5.75 Å². The highest BCUT2D eigenvalue weighted by Crippen LogP contribution is 2.27. The van der Waals surface area contributed by atoms with Gasteiger partial charge in [-0.1, -0.05) is 12.1 Å². The van der Waals surface area contributed by atoms with E-state index >= 15 is 0 Å². The molecule has 0 atom stereocenters. The van der Waals surface area contributed by atoms with Crippen molar-refractivity contribution in [2.75, 3.05) is 30.9 Å². The number of fused-ring (bicyclic) bond motifs is 1. The van der Waals surface area contributed by atoms with Crippen molar-refractivity contribution in [1.82, 2.24) is 19.5 Å². The first-order chi connectivity index (χ1) is 16.5. The van der Waals surface area contributed by atoms with E-state index in [1.54, 1.807) is 49.7 Å². The van der Waals surface area contributed by atoms with Crippen LogP contribution in [0.25, 0.3) is 11.1 Å². The zero-order valence-electron chi connectivity index (χ0n) is 18.9. The number of oxazole rings is 1. The highest BCUT2D eigenvalue weighted by molar-refractivity contribution is 5.98. The number of benzene rings is 2. The van der Waals surface area contributed by atoms with Gasteiger partial charge in [0.2, 0.25) is 5.95 Å². The first-order valence-electron chi connectivity index (χ1n) is 11.0. The fraction of sp³-hybridized carbons (Fsp3) is 0.250. The SMILES string of the molecule is COc1ccc(Nc2ncc(C)c(Nn3c(=O)oc4ccccc43)n2)cc1C(=O)N1CCCC1. The number of anilines is 3. The molecule has 4 aromatic rings. The average Bonchev–Trinajstić information content (AvgIpc) is 3.49. The average molecular weight is 460 g/mol. The van der Waals surface area contributed by atoms with Crippen LogP contribution in [0, 0.1) is 6.92 Å². The Kier molecular flexibility index (Phi) is 5.62. The Morgan fingerprint density at radius 1 is 1.15 bits per heavy atom. The number of aryl methyl sites for hydroxylation is 1. The fourth-order valence-corrected chi connectivity index (χ4v) is 3.97. The lowest BCUT2D eigenvalue weighted by Gasteiger charge is -2.18. The monoisotopic (exact) mass is 460 g/mol. The predicted octanol–water partition coefficient (Wildman–Crippen LogP) is 3.56. The zero-order valence-corrected chi connectivity index (χ0v) is 18.9. The summed E-state index contributed by atoms with van der Waals surface area (Å²) in [7, 11) is 1.55. The number of para-hydroxylation sites is 2. The molecule has 2 aromatic carbocycles. The van der Waals surface area contributed by atoms with Crippen molar-refractivity contribution in [3.8, 4) is 5.75 Å². The van der Waals surface area contributed by atoms with E-state index in [0.717, 1.165) is 31.5 Å². The molecule has 0 unspecified atom stereocenters. The maximum atomic E-state index is 13.0. The van der Waals surface area contributed by atoms with E-state index in [-0.39, 0.29) is 5.91 Å². The van der Waals surface area contributed by atoms with Crippen LogP contribution in [0.1, 0.15) is 28.8 Å². The Labute approximate surface area is 195 Å². The van der Waals surface area contributed by atoms with Gasteiger partial charge in [-0.2, -0.15) is 9.66 Å². The minimum atomic E-state index is -0.547. The largest absolute Gasteiger partial charge is 0.496 e. The summed E-state index contributed by atoms with van der Waals surface area (Å²) in [4.78, 5) is 36.0. The Bertz CT molecular complexity index is 1420. The minimum Gasteiger partial charge on any atom is -0.496 e. The third-order valence-electron chi connectivity index (χ3n) is 5.75. The second kappa shape index (κ2) is 8.89. The summed E-state index contributed by atoms with van der Waals surface area (Å²) < 4.78 is 12.0. The molecule has 1 aliphatic heterocycles. The second-order valence-electron chi connectivity index (χ2n) is 8.05. The lowest BCUT2D eigenvalue weighted by Crippen LogP contribution is -2.28. The number of hydrogen-bond donors (Lipinski definition) is 2. The van der Waals surface area contributed by atoms with E-state index in [1.165, 1.54) is 4.68 Å². The van der Waals surface area contributed by atoms with Crippen molar-refractivity contribution in [2.45, 2.75) is 19.8 Å². The third-order valence-corrected chi connectivity index (χ3v) is 5.75. The van der Waals surface area contributed by atoms with Crippen LogP contribution in [0.2, 0.25) is 0 Å². The summed E-state index contributed by atoms with van der Waals surface area (Å²) in [6.07, 6.45) is 3.66. The number of hydrogen-bond acceptors (Lipinski definition) is 8. The lowest BCUT2D eigenvalue weighted by molar-refractivity contribution is 0.0789. The second-order valence-corrected chi connectivity index (χ2v) is 8.05. The summed E-state index contributed by atoms with van der Waals surface area (Å²) in [6.45, 7) is 3.33. The van der Waals surface area contributed by atoms with Gasteiger partial charge in [0.05, 0.1) is 12.7 Å². The molecule has 5 rings (SSSR count). The van der Waals surface area contributed by atoms with E-state index in [9.17, 15) is 9.59 Å². The van der Waals surface area contributed by atoms with E-state index in [4.69, 9.17) is 9.15 Å². The van der Waals surface area contributed by atoms with Crippen molar-refractivity contribution in [1.29, 1.82) is 0 Å². The molecule has 3 heterocycles. The Hall–Kier alpha value is -4.34. The molecule has 0 bridgehead atoms. The molecule has 10 heteroatoms. The van der Waals surface area contributed by atoms with Gasteiger partial charge in [0.25, 0.3) is 5.91 Å². The third kappa shape index (κ3) is 4.05. The normalized spacial score (nSPS) is 13.3. The number of carbonyl (C=O) groups is 1. The quantitative estimate of drug-likeness (QED) is 0.449. The van der Waals surface area contributed by atoms with Crippen LogP contribution in [0.4, 0.5) is 17.5 Å². The van der Waals surface area contributed by atoms with Crippen LogP contribution in [-0.4, -0.2) is 45.7 Å². The lowest BCUT2D eigenvalue weighted by atomic mass is 10.1. The number of aromatic nitrogens is 3. The Morgan fingerprint density at radius 2 is 1.94 bits per heavy atom. The smallest absolute Gasteiger partial charge is 0.439 e. The molecule has 174 valence electrons. The molecular weight excluding hydrogens is 436 g/mol. The molecule has 1 saturated heterocycles. The molecule has 0 saturated carbocycles. The van der Waals surface area contributed by atoms with Crippen molar-refractivity contribution in [3.05, 3.63) is 70.3 Å². The molecule has 0 aliphatic carbocycles. The van der Waals surface area contributed by atoms with Gasteiger partial charge in [-0.05, 0) is 50.1 Å². The molecule has 0 radical (unpaired) electrons. The molecule has 2 N–H and O–H groups in total. The predicted molar refractivity (Wildman–Crippen MR) is 128 cm³/mol. The standard InChI is InChI=1S/C24H24N6O4/c1-15-14-25-23(27-21(15)28-30-18-7-3-4-8-20(18)34-24(30)32)26-16-9-10-19(33-2)17(13-16)22(31)29-11-5-6-12-29/h3-4,7-10,13-14H,5-6,11-12H2,1-2H3,(H2,25,26,27,28). The van der Waals surface area contributed by atoms with Crippen LogP contribution in [-0.2, 0) is 0 Å². The van der Waals surface area contributed by atoms with Gasteiger partial charge < -0.3 is 19.4 Å². The van der Waals surface area contributed by atoms with Gasteiger partial charge in [0.15, 0.2) is 11.4 Å². The topological polar surface area (TPSA) is 115 Å². The van der Waals surface area contributed by atoms with Gasteiger partial charge in [-0.25, -0.2) is 9.78 Å².